The van der Waals surface area contributed by atoms with Crippen molar-refractivity contribution in [2.75, 3.05) is 0 Å². The number of hydrogen-bond donors (Lipinski definition) is 1. The summed E-state index contributed by atoms with van der Waals surface area (Å²) in [4.78, 5) is 7.80. The van der Waals surface area contributed by atoms with Crippen molar-refractivity contribution >= 4 is 34.2 Å². The van der Waals surface area contributed by atoms with E-state index in [0.29, 0.717) is 10.0 Å². The Labute approximate surface area is 121 Å². The average molecular weight is 291 g/mol. The predicted molar refractivity (Wildman–Crippen MR) is 80.9 cm³/mol. The number of fused-ring (bicyclic) bond motifs is 1. The van der Waals surface area contributed by atoms with E-state index in [1.807, 2.05) is 0 Å². The van der Waals surface area contributed by atoms with E-state index >= 15 is 0 Å². The first-order chi connectivity index (χ1) is 9.17. The first-order valence-electron chi connectivity index (χ1n) is 6.11. The summed E-state index contributed by atoms with van der Waals surface area (Å²) in [6.07, 6.45) is 1.03. The van der Waals surface area contributed by atoms with Crippen LogP contribution >= 0.6 is 23.2 Å². The molecule has 3 aromatic rings. The minimum absolute atomic E-state index is 0.522. The molecule has 4 heteroatoms. The zero-order valence-corrected chi connectivity index (χ0v) is 11.9. The third-order valence-corrected chi connectivity index (χ3v) is 3.88. The Bertz CT molecular complexity index is 691. The zero-order chi connectivity index (χ0) is 13.4. The molecule has 0 amide bonds. The number of aromatic nitrogens is 2. The highest BCUT2D eigenvalue weighted by Crippen LogP contribution is 2.28. The fourth-order valence-corrected chi connectivity index (χ4v) is 2.36. The van der Waals surface area contributed by atoms with Gasteiger partial charge in [0.25, 0.3) is 0 Å². The number of nitrogens with one attached hydrogen (secondary N) is 1. The first-order valence-corrected chi connectivity index (χ1v) is 6.87. The lowest BCUT2D eigenvalue weighted by atomic mass is 10.1. The Hall–Kier alpha value is -1.51. The van der Waals surface area contributed by atoms with Gasteiger partial charge in [0, 0.05) is 5.56 Å². The highest BCUT2D eigenvalue weighted by molar-refractivity contribution is 6.42. The second-order valence-electron chi connectivity index (χ2n) is 4.42. The standard InChI is InChI=1S/C15H12Cl2N2/c1-2-9-3-5-10(6-4-9)15-18-13-7-11(16)12(17)8-14(13)19-15/h3-8H,2H2,1H3,(H,18,19). The van der Waals surface area contributed by atoms with Crippen LogP contribution in [0.3, 0.4) is 0 Å². The summed E-state index contributed by atoms with van der Waals surface area (Å²) in [6, 6.07) is 11.9. The molecule has 96 valence electrons. The normalized spacial score (nSPS) is 11.1. The Morgan fingerprint density at radius 1 is 1.05 bits per heavy atom. The van der Waals surface area contributed by atoms with Gasteiger partial charge in [-0.1, -0.05) is 54.4 Å². The lowest BCUT2D eigenvalue weighted by molar-refractivity contribution is 1.14. The second kappa shape index (κ2) is 4.87. The summed E-state index contributed by atoms with van der Waals surface area (Å²) in [7, 11) is 0. The zero-order valence-electron chi connectivity index (χ0n) is 10.4. The lowest BCUT2D eigenvalue weighted by Crippen LogP contribution is -1.82. The fourth-order valence-electron chi connectivity index (χ4n) is 2.04. The molecular formula is C15H12Cl2N2. The van der Waals surface area contributed by atoms with Crippen molar-refractivity contribution in [3.05, 3.63) is 52.0 Å². The van der Waals surface area contributed by atoms with Crippen LogP contribution in [-0.4, -0.2) is 9.97 Å². The van der Waals surface area contributed by atoms with Gasteiger partial charge in [-0.25, -0.2) is 4.98 Å². The number of hydrogen-bond acceptors (Lipinski definition) is 1. The number of rotatable bonds is 2. The summed E-state index contributed by atoms with van der Waals surface area (Å²) < 4.78 is 0. The van der Waals surface area contributed by atoms with Gasteiger partial charge in [-0.15, -0.1) is 0 Å². The molecule has 3 rings (SSSR count). The van der Waals surface area contributed by atoms with E-state index < -0.39 is 0 Å². The van der Waals surface area contributed by atoms with Crippen LogP contribution in [0.2, 0.25) is 10.0 Å². The topological polar surface area (TPSA) is 28.7 Å². The molecular weight excluding hydrogens is 279 g/mol. The first kappa shape index (κ1) is 12.5. The van der Waals surface area contributed by atoms with Crippen LogP contribution in [0.25, 0.3) is 22.4 Å². The van der Waals surface area contributed by atoms with Gasteiger partial charge in [-0.2, -0.15) is 0 Å². The fraction of sp³-hybridized carbons (Fsp3) is 0.133. The van der Waals surface area contributed by atoms with Crippen LogP contribution in [0.5, 0.6) is 0 Å². The molecule has 0 spiro atoms. The van der Waals surface area contributed by atoms with Gasteiger partial charge in [0.05, 0.1) is 21.1 Å². The molecule has 0 atom stereocenters. The number of aromatic amines is 1. The number of nitrogens with zero attached hydrogens (tertiary/aromatic N) is 1. The van der Waals surface area contributed by atoms with Crippen molar-refractivity contribution < 1.29 is 0 Å². The van der Waals surface area contributed by atoms with Gasteiger partial charge >= 0.3 is 0 Å². The van der Waals surface area contributed by atoms with E-state index in [9.17, 15) is 0 Å². The van der Waals surface area contributed by atoms with Crippen molar-refractivity contribution in [1.82, 2.24) is 9.97 Å². The van der Waals surface area contributed by atoms with Crippen LogP contribution in [0.4, 0.5) is 0 Å². The maximum atomic E-state index is 6.00. The number of imidazole rings is 1. The van der Waals surface area contributed by atoms with Gasteiger partial charge in [-0.05, 0) is 24.1 Å². The third-order valence-electron chi connectivity index (χ3n) is 3.16. The Morgan fingerprint density at radius 3 is 2.42 bits per heavy atom. The van der Waals surface area contributed by atoms with Gasteiger partial charge in [0.2, 0.25) is 0 Å². The van der Waals surface area contributed by atoms with E-state index in [1.54, 1.807) is 12.1 Å². The molecule has 2 nitrogen and oxygen atoms in total. The lowest BCUT2D eigenvalue weighted by Gasteiger charge is -1.98. The van der Waals surface area contributed by atoms with Crippen molar-refractivity contribution in [3.63, 3.8) is 0 Å². The maximum absolute atomic E-state index is 6.00. The molecule has 19 heavy (non-hydrogen) atoms. The largest absolute Gasteiger partial charge is 0.338 e. The molecule has 0 aliphatic rings. The second-order valence-corrected chi connectivity index (χ2v) is 5.23. The molecule has 0 aliphatic carbocycles. The number of aryl methyl sites for hydroxylation is 1. The summed E-state index contributed by atoms with van der Waals surface area (Å²) in [5.74, 6) is 0.830. The molecule has 1 N–H and O–H groups in total. The van der Waals surface area contributed by atoms with Crippen LogP contribution < -0.4 is 0 Å². The van der Waals surface area contributed by atoms with Gasteiger partial charge in [0.1, 0.15) is 5.82 Å². The van der Waals surface area contributed by atoms with Crippen molar-refractivity contribution in [2.45, 2.75) is 13.3 Å². The van der Waals surface area contributed by atoms with Gasteiger partial charge in [0.15, 0.2) is 0 Å². The quantitative estimate of drug-likeness (QED) is 0.699. The highest BCUT2D eigenvalue weighted by atomic mass is 35.5. The molecule has 1 heterocycles. The van der Waals surface area contributed by atoms with Gasteiger partial charge < -0.3 is 4.98 Å². The van der Waals surface area contributed by atoms with Crippen LogP contribution in [-0.2, 0) is 6.42 Å². The molecule has 0 unspecified atom stereocenters. The molecule has 0 saturated carbocycles. The van der Waals surface area contributed by atoms with E-state index in [1.165, 1.54) is 5.56 Å². The van der Waals surface area contributed by atoms with Crippen LogP contribution in [0.1, 0.15) is 12.5 Å². The van der Waals surface area contributed by atoms with Crippen molar-refractivity contribution in [3.8, 4) is 11.4 Å². The number of H-pyrrole nitrogens is 1. The minimum Gasteiger partial charge on any atom is -0.338 e. The smallest absolute Gasteiger partial charge is 0.138 e. The molecule has 2 aromatic carbocycles. The van der Waals surface area contributed by atoms with E-state index in [-0.39, 0.29) is 0 Å². The number of benzene rings is 2. The Balaban J connectivity index is 2.09. The Morgan fingerprint density at radius 2 is 1.74 bits per heavy atom. The molecule has 0 aliphatic heterocycles. The van der Waals surface area contributed by atoms with Crippen LogP contribution in [0.15, 0.2) is 36.4 Å². The van der Waals surface area contributed by atoms with Crippen LogP contribution in [0, 0.1) is 0 Å². The molecule has 0 saturated heterocycles. The maximum Gasteiger partial charge on any atom is 0.138 e. The highest BCUT2D eigenvalue weighted by Gasteiger charge is 2.08. The van der Waals surface area contributed by atoms with Gasteiger partial charge in [-0.3, -0.25) is 0 Å². The van der Waals surface area contributed by atoms with Crippen molar-refractivity contribution in [1.29, 1.82) is 0 Å². The summed E-state index contributed by atoms with van der Waals surface area (Å²) in [5.41, 5.74) is 4.08. The summed E-state index contributed by atoms with van der Waals surface area (Å²) in [5, 5.41) is 1.05. The monoisotopic (exact) mass is 290 g/mol. The molecule has 0 fully saturated rings. The predicted octanol–water partition coefficient (Wildman–Crippen LogP) is 5.10. The number of halogens is 2. The van der Waals surface area contributed by atoms with E-state index in [0.717, 1.165) is 28.8 Å². The third kappa shape index (κ3) is 2.34. The molecule has 0 radical (unpaired) electrons. The minimum atomic E-state index is 0.522. The molecule has 0 bridgehead atoms. The summed E-state index contributed by atoms with van der Waals surface area (Å²) in [6.45, 7) is 2.14. The SMILES string of the molecule is CCc1ccc(-c2nc3cc(Cl)c(Cl)cc3[nH]2)cc1. The van der Waals surface area contributed by atoms with E-state index in [2.05, 4.69) is 41.2 Å². The summed E-state index contributed by atoms with van der Waals surface area (Å²) >= 11 is 12.0. The Kier molecular flexibility index (Phi) is 3.21. The molecule has 1 aromatic heterocycles. The van der Waals surface area contributed by atoms with Crippen molar-refractivity contribution in [2.24, 2.45) is 0 Å². The van der Waals surface area contributed by atoms with E-state index in [4.69, 9.17) is 23.2 Å². The average Bonchev–Trinajstić information content (AvgIpc) is 2.82.